The smallest absolute Gasteiger partial charge is 0.248 e. The quantitative estimate of drug-likeness (QED) is 0.617. The number of ether oxygens (including phenoxy) is 1. The molecule has 2 aromatic rings. The molecule has 2 aliphatic rings. The van der Waals surface area contributed by atoms with E-state index in [0.717, 1.165) is 0 Å². The molecule has 1 aliphatic heterocycles. The van der Waals surface area contributed by atoms with Crippen LogP contribution >= 0.6 is 11.3 Å². The molecule has 1 aliphatic carbocycles. The molecule has 8 nitrogen and oxygen atoms in total. The highest BCUT2D eigenvalue weighted by atomic mass is 32.1. The van der Waals surface area contributed by atoms with E-state index in [1.54, 1.807) is 23.3 Å². The fraction of sp³-hybridized carbons (Fsp3) is 0.652. The van der Waals surface area contributed by atoms with Gasteiger partial charge in [-0.3, -0.25) is 4.79 Å². The molecule has 2 aromatic heterocycles. The zero-order valence-corrected chi connectivity index (χ0v) is 20.7. The Balaban J connectivity index is 1.51. The molecule has 0 aromatic carbocycles. The van der Waals surface area contributed by atoms with Gasteiger partial charge in [-0.05, 0) is 19.8 Å². The van der Waals surface area contributed by atoms with E-state index < -0.39 is 17.4 Å². The van der Waals surface area contributed by atoms with Crippen LogP contribution in [0.2, 0.25) is 0 Å². The average Bonchev–Trinajstić information content (AvgIpc) is 3.21. The first kappa shape index (κ1) is 24.7. The minimum absolute atomic E-state index is 0.0700. The number of hydrogen-bond donors (Lipinski definition) is 2. The Labute approximate surface area is 201 Å². The third kappa shape index (κ3) is 5.80. The van der Waals surface area contributed by atoms with Crippen molar-refractivity contribution in [2.45, 2.75) is 77.6 Å². The molecule has 34 heavy (non-hydrogen) atoms. The van der Waals surface area contributed by atoms with Gasteiger partial charge in [-0.1, -0.05) is 20.8 Å². The standard InChI is InChI=1S/C23H31F2N5O3S/c1-13(31)16-12-34-20(27-16)19-28-17(26-14-5-7-23(24,25)8-6-14)9-18(29-19)33-15-10-30(11-15)21(32)22(2,3)4/h9,12-15,31H,5-8,10-11H2,1-4H3,(H,26,28,29). The predicted octanol–water partition coefficient (Wildman–Crippen LogP) is 4.28. The topological polar surface area (TPSA) is 100 Å². The fourth-order valence-corrected chi connectivity index (χ4v) is 4.79. The monoisotopic (exact) mass is 495 g/mol. The van der Waals surface area contributed by atoms with Gasteiger partial charge in [-0.15, -0.1) is 11.3 Å². The molecule has 11 heteroatoms. The number of carbonyl (C=O) groups is 1. The van der Waals surface area contributed by atoms with Gasteiger partial charge in [0.1, 0.15) is 11.9 Å². The lowest BCUT2D eigenvalue weighted by atomic mass is 9.92. The summed E-state index contributed by atoms with van der Waals surface area (Å²) in [5.74, 6) is -1.40. The molecule has 1 atom stereocenters. The van der Waals surface area contributed by atoms with E-state index in [4.69, 9.17) is 4.74 Å². The van der Waals surface area contributed by atoms with Gasteiger partial charge >= 0.3 is 0 Å². The molecule has 0 spiro atoms. The number of anilines is 1. The molecule has 1 unspecified atom stereocenters. The summed E-state index contributed by atoms with van der Waals surface area (Å²) in [5, 5.41) is 15.3. The first-order valence-corrected chi connectivity index (χ1v) is 12.4. The molecule has 2 N–H and O–H groups in total. The molecule has 1 amide bonds. The normalized spacial score (nSPS) is 20.0. The van der Waals surface area contributed by atoms with E-state index >= 15 is 0 Å². The van der Waals surface area contributed by atoms with Gasteiger partial charge in [0.25, 0.3) is 0 Å². The van der Waals surface area contributed by atoms with Crippen LogP contribution in [0, 0.1) is 5.41 Å². The molecule has 0 bridgehead atoms. The Bertz CT molecular complexity index is 1020. The highest BCUT2D eigenvalue weighted by Gasteiger charge is 2.38. The van der Waals surface area contributed by atoms with Crippen LogP contribution in [0.4, 0.5) is 14.6 Å². The zero-order chi connectivity index (χ0) is 24.7. The molecule has 0 radical (unpaired) electrons. The van der Waals surface area contributed by atoms with E-state index in [-0.39, 0.29) is 30.9 Å². The van der Waals surface area contributed by atoms with E-state index in [0.29, 0.717) is 54.2 Å². The number of aromatic nitrogens is 3. The van der Waals surface area contributed by atoms with Gasteiger partial charge < -0.3 is 20.1 Å². The summed E-state index contributed by atoms with van der Waals surface area (Å²) in [5.41, 5.74) is 0.0714. The van der Waals surface area contributed by atoms with Crippen molar-refractivity contribution in [1.29, 1.82) is 0 Å². The minimum Gasteiger partial charge on any atom is -0.470 e. The van der Waals surface area contributed by atoms with Crippen molar-refractivity contribution in [2.24, 2.45) is 5.41 Å². The number of alkyl halides is 2. The first-order chi connectivity index (χ1) is 15.9. The van der Waals surface area contributed by atoms with Gasteiger partial charge in [0, 0.05) is 35.7 Å². The molecule has 1 saturated carbocycles. The van der Waals surface area contributed by atoms with Crippen molar-refractivity contribution in [3.05, 3.63) is 17.1 Å². The van der Waals surface area contributed by atoms with Crippen molar-refractivity contribution < 1.29 is 23.4 Å². The molecule has 186 valence electrons. The van der Waals surface area contributed by atoms with E-state index in [9.17, 15) is 18.7 Å². The number of aliphatic hydroxyl groups excluding tert-OH is 1. The Kier molecular flexibility index (Phi) is 6.78. The number of nitrogens with one attached hydrogen (secondary N) is 1. The van der Waals surface area contributed by atoms with E-state index in [1.165, 1.54) is 11.3 Å². The molecule has 4 rings (SSSR count). The van der Waals surface area contributed by atoms with Crippen LogP contribution in [0.15, 0.2) is 11.4 Å². The fourth-order valence-electron chi connectivity index (χ4n) is 3.95. The average molecular weight is 496 g/mol. The Morgan fingerprint density at radius 3 is 2.53 bits per heavy atom. The first-order valence-electron chi connectivity index (χ1n) is 11.5. The highest BCUT2D eigenvalue weighted by Crippen LogP contribution is 2.35. The third-order valence-corrected chi connectivity index (χ3v) is 6.83. The van der Waals surface area contributed by atoms with Crippen LogP contribution in [-0.4, -0.2) is 62.0 Å². The molecule has 3 heterocycles. The van der Waals surface area contributed by atoms with E-state index in [1.807, 2.05) is 20.8 Å². The molecular formula is C23H31F2N5O3S. The minimum atomic E-state index is -2.61. The summed E-state index contributed by atoms with van der Waals surface area (Å²) < 4.78 is 33.2. The Hall–Kier alpha value is -2.40. The molecule has 1 saturated heterocycles. The number of thiazole rings is 1. The lowest BCUT2D eigenvalue weighted by Gasteiger charge is -2.41. The number of rotatable bonds is 6. The van der Waals surface area contributed by atoms with Crippen molar-refractivity contribution in [3.63, 3.8) is 0 Å². The maximum atomic E-state index is 13.6. The maximum Gasteiger partial charge on any atom is 0.248 e. The number of carbonyl (C=O) groups excluding carboxylic acids is 1. The van der Waals surface area contributed by atoms with Crippen molar-refractivity contribution in [1.82, 2.24) is 19.9 Å². The second kappa shape index (κ2) is 9.33. The Morgan fingerprint density at radius 1 is 1.26 bits per heavy atom. The Morgan fingerprint density at radius 2 is 1.94 bits per heavy atom. The van der Waals surface area contributed by atoms with Gasteiger partial charge in [0.2, 0.25) is 17.7 Å². The van der Waals surface area contributed by atoms with Crippen LogP contribution in [0.1, 0.15) is 65.2 Å². The maximum absolute atomic E-state index is 13.6. The number of aliphatic hydroxyl groups is 1. The van der Waals surface area contributed by atoms with Gasteiger partial charge in [0.15, 0.2) is 10.8 Å². The van der Waals surface area contributed by atoms with Gasteiger partial charge in [-0.25, -0.2) is 18.7 Å². The van der Waals surface area contributed by atoms with Crippen LogP contribution in [0.25, 0.3) is 10.8 Å². The number of halogens is 2. The van der Waals surface area contributed by atoms with Crippen molar-refractivity contribution in [2.75, 3.05) is 18.4 Å². The number of nitrogens with zero attached hydrogens (tertiary/aromatic N) is 4. The third-order valence-electron chi connectivity index (χ3n) is 5.98. The predicted molar refractivity (Wildman–Crippen MR) is 125 cm³/mol. The molecular weight excluding hydrogens is 464 g/mol. The van der Waals surface area contributed by atoms with Crippen molar-refractivity contribution in [3.8, 4) is 16.7 Å². The lowest BCUT2D eigenvalue weighted by molar-refractivity contribution is -0.148. The van der Waals surface area contributed by atoms with E-state index in [2.05, 4.69) is 20.3 Å². The summed E-state index contributed by atoms with van der Waals surface area (Å²) in [6.45, 7) is 8.23. The summed E-state index contributed by atoms with van der Waals surface area (Å²) in [6.07, 6.45) is -0.533. The van der Waals surface area contributed by atoms with Crippen LogP contribution in [0.5, 0.6) is 5.88 Å². The summed E-state index contributed by atoms with van der Waals surface area (Å²) in [6, 6.07) is 1.54. The van der Waals surface area contributed by atoms with Gasteiger partial charge in [0.05, 0.1) is 24.9 Å². The van der Waals surface area contributed by atoms with Crippen LogP contribution in [0.3, 0.4) is 0 Å². The largest absolute Gasteiger partial charge is 0.470 e. The SMILES string of the molecule is CC(O)c1csc(-c2nc(NC3CCC(F)(F)CC3)cc(OC3CN(C(=O)C(C)(C)C)C3)n2)n1. The number of amides is 1. The van der Waals surface area contributed by atoms with Crippen LogP contribution in [-0.2, 0) is 4.79 Å². The highest BCUT2D eigenvalue weighted by molar-refractivity contribution is 7.13. The summed E-state index contributed by atoms with van der Waals surface area (Å²) in [4.78, 5) is 27.6. The number of likely N-dealkylation sites (tertiary alicyclic amines) is 1. The lowest BCUT2D eigenvalue weighted by Crippen LogP contribution is -2.58. The molecule has 2 fully saturated rings. The number of hydrogen-bond acceptors (Lipinski definition) is 8. The van der Waals surface area contributed by atoms with Gasteiger partial charge in [-0.2, -0.15) is 4.98 Å². The second-order valence-corrected chi connectivity index (χ2v) is 11.0. The second-order valence-electron chi connectivity index (χ2n) is 10.1. The zero-order valence-electron chi connectivity index (χ0n) is 19.8. The summed E-state index contributed by atoms with van der Waals surface area (Å²) in [7, 11) is 0. The van der Waals surface area contributed by atoms with Crippen LogP contribution < -0.4 is 10.1 Å². The summed E-state index contributed by atoms with van der Waals surface area (Å²) >= 11 is 1.31. The van der Waals surface area contributed by atoms with Crippen molar-refractivity contribution >= 4 is 23.1 Å².